The maximum atomic E-state index is 11.3. The molecule has 2 aromatic heterocycles. The number of thiazole rings is 1. The fourth-order valence-electron chi connectivity index (χ4n) is 1.51. The summed E-state index contributed by atoms with van der Waals surface area (Å²) in [6, 6.07) is 0. The zero-order valence-corrected chi connectivity index (χ0v) is 10.5. The minimum absolute atomic E-state index is 0.344. The number of methoxy groups -OCH3 is 1. The molecule has 2 rings (SSSR count). The van der Waals surface area contributed by atoms with Crippen molar-refractivity contribution in [3.63, 3.8) is 0 Å². The maximum Gasteiger partial charge on any atom is 0.357 e. The highest BCUT2D eigenvalue weighted by atomic mass is 32.1. The molecule has 0 fully saturated rings. The Morgan fingerprint density at radius 1 is 1.59 bits per heavy atom. The van der Waals surface area contributed by atoms with E-state index in [2.05, 4.69) is 21.6 Å². The number of nitrogens with zero attached hydrogens (tertiary/aromatic N) is 3. The van der Waals surface area contributed by atoms with Gasteiger partial charge in [0, 0.05) is 11.9 Å². The predicted molar refractivity (Wildman–Crippen MR) is 65.0 cm³/mol. The summed E-state index contributed by atoms with van der Waals surface area (Å²) in [5, 5.41) is 2.49. The van der Waals surface area contributed by atoms with Gasteiger partial charge in [-0.25, -0.2) is 14.8 Å². The van der Waals surface area contributed by atoms with Crippen molar-refractivity contribution in [2.24, 2.45) is 0 Å². The van der Waals surface area contributed by atoms with Crippen LogP contribution in [0, 0.1) is 0 Å². The summed E-state index contributed by atoms with van der Waals surface area (Å²) in [5.41, 5.74) is 1.28. The second kappa shape index (κ2) is 5.09. The van der Waals surface area contributed by atoms with Crippen molar-refractivity contribution >= 4 is 17.3 Å². The molecule has 2 heterocycles. The molecule has 2 aromatic rings. The normalized spacial score (nSPS) is 10.5. The molecule has 0 spiro atoms. The van der Waals surface area contributed by atoms with E-state index in [1.54, 1.807) is 17.9 Å². The van der Waals surface area contributed by atoms with Crippen molar-refractivity contribution in [2.75, 3.05) is 7.11 Å². The Morgan fingerprint density at radius 3 is 3.12 bits per heavy atom. The zero-order valence-electron chi connectivity index (χ0n) is 9.71. The van der Waals surface area contributed by atoms with Crippen LogP contribution < -0.4 is 0 Å². The summed E-state index contributed by atoms with van der Waals surface area (Å²) in [6.45, 7) is 2.99. The topological polar surface area (TPSA) is 57.0 Å². The van der Waals surface area contributed by atoms with Gasteiger partial charge in [-0.1, -0.05) is 6.92 Å². The molecule has 0 radical (unpaired) electrons. The lowest BCUT2D eigenvalue weighted by Gasteiger charge is -2.02. The standard InChI is InChI=1S/C11H13N3O2S/c1-3-4-14-7-12-5-9(14)10-13-8(6-17-10)11(15)16-2/h5-7H,3-4H2,1-2H3. The average Bonchev–Trinajstić information content (AvgIpc) is 2.96. The number of ether oxygens (including phenoxy) is 1. The molecular formula is C11H13N3O2S. The Hall–Kier alpha value is -1.69. The molecule has 0 saturated heterocycles. The molecule has 0 unspecified atom stereocenters. The highest BCUT2D eigenvalue weighted by Gasteiger charge is 2.14. The molecule has 90 valence electrons. The summed E-state index contributed by atoms with van der Waals surface area (Å²) in [7, 11) is 1.35. The number of aryl methyl sites for hydroxylation is 1. The number of aromatic nitrogens is 3. The molecule has 17 heavy (non-hydrogen) atoms. The van der Waals surface area contributed by atoms with E-state index in [1.807, 2.05) is 4.57 Å². The molecule has 0 aliphatic heterocycles. The second-order valence-electron chi connectivity index (χ2n) is 3.50. The molecule has 0 bridgehead atoms. The number of carbonyl (C=O) groups excluding carboxylic acids is 1. The van der Waals surface area contributed by atoms with Gasteiger partial charge in [0.25, 0.3) is 0 Å². The predicted octanol–water partition coefficient (Wildman–Crippen LogP) is 2.20. The van der Waals surface area contributed by atoms with Crippen LogP contribution in [0.5, 0.6) is 0 Å². The highest BCUT2D eigenvalue weighted by Crippen LogP contribution is 2.23. The third-order valence-corrected chi connectivity index (χ3v) is 3.16. The minimum Gasteiger partial charge on any atom is -0.464 e. The van der Waals surface area contributed by atoms with Crippen molar-refractivity contribution in [3.8, 4) is 10.7 Å². The second-order valence-corrected chi connectivity index (χ2v) is 4.36. The van der Waals surface area contributed by atoms with Gasteiger partial charge >= 0.3 is 5.97 Å². The fourth-order valence-corrected chi connectivity index (χ4v) is 2.32. The van der Waals surface area contributed by atoms with Crippen LogP contribution in [0.1, 0.15) is 23.8 Å². The first-order valence-corrected chi connectivity index (χ1v) is 6.18. The Kier molecular flexibility index (Phi) is 3.53. The SMILES string of the molecule is CCCn1cncc1-c1nc(C(=O)OC)cs1. The molecule has 5 nitrogen and oxygen atoms in total. The van der Waals surface area contributed by atoms with Crippen molar-refractivity contribution < 1.29 is 9.53 Å². The van der Waals surface area contributed by atoms with Gasteiger partial charge < -0.3 is 9.30 Å². The lowest BCUT2D eigenvalue weighted by molar-refractivity contribution is 0.0595. The van der Waals surface area contributed by atoms with E-state index >= 15 is 0 Å². The van der Waals surface area contributed by atoms with E-state index in [-0.39, 0.29) is 0 Å². The molecule has 0 atom stereocenters. The molecule has 0 aliphatic rings. The summed E-state index contributed by atoms with van der Waals surface area (Å²) in [6.07, 6.45) is 4.56. The number of imidazole rings is 1. The summed E-state index contributed by atoms with van der Waals surface area (Å²) >= 11 is 1.42. The van der Waals surface area contributed by atoms with E-state index in [4.69, 9.17) is 0 Å². The molecule has 0 N–H and O–H groups in total. The van der Waals surface area contributed by atoms with Crippen LogP contribution in [0.3, 0.4) is 0 Å². The van der Waals surface area contributed by atoms with Gasteiger partial charge in [-0.3, -0.25) is 0 Å². The van der Waals surface area contributed by atoms with E-state index in [0.717, 1.165) is 23.7 Å². The van der Waals surface area contributed by atoms with Gasteiger partial charge in [0.2, 0.25) is 0 Å². The Labute approximate surface area is 103 Å². The quantitative estimate of drug-likeness (QED) is 0.782. The first kappa shape index (κ1) is 11.8. The Bertz CT molecular complexity index is 518. The van der Waals surface area contributed by atoms with E-state index in [9.17, 15) is 4.79 Å². The third kappa shape index (κ3) is 2.36. The smallest absolute Gasteiger partial charge is 0.357 e. The molecule has 0 amide bonds. The molecule has 0 aliphatic carbocycles. The summed E-state index contributed by atoms with van der Waals surface area (Å²) in [5.74, 6) is -0.408. The van der Waals surface area contributed by atoms with Gasteiger partial charge in [-0.2, -0.15) is 0 Å². The fraction of sp³-hybridized carbons (Fsp3) is 0.364. The van der Waals surface area contributed by atoms with E-state index in [0.29, 0.717) is 5.69 Å². The third-order valence-electron chi connectivity index (χ3n) is 2.29. The van der Waals surface area contributed by atoms with Crippen molar-refractivity contribution in [2.45, 2.75) is 19.9 Å². The van der Waals surface area contributed by atoms with Crippen LogP contribution in [-0.4, -0.2) is 27.6 Å². The van der Waals surface area contributed by atoms with Gasteiger partial charge in [-0.15, -0.1) is 11.3 Å². The summed E-state index contributed by atoms with van der Waals surface area (Å²) in [4.78, 5) is 19.7. The number of carbonyl (C=O) groups is 1. The summed E-state index contributed by atoms with van der Waals surface area (Å²) < 4.78 is 6.66. The van der Waals surface area contributed by atoms with Gasteiger partial charge in [-0.05, 0) is 6.42 Å². The highest BCUT2D eigenvalue weighted by molar-refractivity contribution is 7.13. The van der Waals surface area contributed by atoms with Crippen molar-refractivity contribution in [1.82, 2.24) is 14.5 Å². The zero-order chi connectivity index (χ0) is 12.3. The van der Waals surface area contributed by atoms with E-state index in [1.165, 1.54) is 18.4 Å². The van der Waals surface area contributed by atoms with E-state index < -0.39 is 5.97 Å². The number of hydrogen-bond donors (Lipinski definition) is 0. The largest absolute Gasteiger partial charge is 0.464 e. The van der Waals surface area contributed by atoms with Crippen LogP contribution in [0.2, 0.25) is 0 Å². The van der Waals surface area contributed by atoms with Crippen LogP contribution in [0.15, 0.2) is 17.9 Å². The Morgan fingerprint density at radius 2 is 2.41 bits per heavy atom. The van der Waals surface area contributed by atoms with Crippen LogP contribution in [-0.2, 0) is 11.3 Å². The molecule has 0 aromatic carbocycles. The molecule has 0 saturated carbocycles. The molecular weight excluding hydrogens is 238 g/mol. The van der Waals surface area contributed by atoms with Gasteiger partial charge in [0.15, 0.2) is 5.69 Å². The van der Waals surface area contributed by atoms with Crippen LogP contribution in [0.25, 0.3) is 10.7 Å². The van der Waals surface area contributed by atoms with Crippen LogP contribution >= 0.6 is 11.3 Å². The number of esters is 1. The maximum absolute atomic E-state index is 11.3. The van der Waals surface area contributed by atoms with Gasteiger partial charge in [0.1, 0.15) is 5.01 Å². The lowest BCUT2D eigenvalue weighted by atomic mass is 10.4. The monoisotopic (exact) mass is 251 g/mol. The van der Waals surface area contributed by atoms with Gasteiger partial charge in [0.05, 0.1) is 25.3 Å². The Balaban J connectivity index is 2.30. The minimum atomic E-state index is -0.408. The first-order chi connectivity index (χ1) is 8.26. The number of hydrogen-bond acceptors (Lipinski definition) is 5. The lowest BCUT2D eigenvalue weighted by Crippen LogP contribution is -2.02. The van der Waals surface area contributed by atoms with Crippen molar-refractivity contribution in [3.05, 3.63) is 23.6 Å². The van der Waals surface area contributed by atoms with Crippen molar-refractivity contribution in [1.29, 1.82) is 0 Å². The average molecular weight is 251 g/mol. The first-order valence-electron chi connectivity index (χ1n) is 5.30. The van der Waals surface area contributed by atoms with Crippen LogP contribution in [0.4, 0.5) is 0 Å². The number of rotatable bonds is 4. The molecule has 6 heteroatoms.